The predicted molar refractivity (Wildman–Crippen MR) is 144 cm³/mol. The quantitative estimate of drug-likeness (QED) is 0.317. The van der Waals surface area contributed by atoms with Crippen molar-refractivity contribution in [3.63, 3.8) is 0 Å². The van der Waals surface area contributed by atoms with Crippen molar-refractivity contribution in [1.29, 1.82) is 5.26 Å². The van der Waals surface area contributed by atoms with Crippen LogP contribution < -0.4 is 10.1 Å². The van der Waals surface area contributed by atoms with Crippen LogP contribution in [0, 0.1) is 25.2 Å². The summed E-state index contributed by atoms with van der Waals surface area (Å²) in [6.07, 6.45) is 1.91. The molecule has 37 heavy (non-hydrogen) atoms. The molecule has 0 saturated carbocycles. The van der Waals surface area contributed by atoms with E-state index in [4.69, 9.17) is 9.72 Å². The molecule has 1 fully saturated rings. The number of nitrogens with one attached hydrogen (secondary N) is 1. The third kappa shape index (κ3) is 5.61. The lowest BCUT2D eigenvalue weighted by atomic mass is 10.0. The van der Waals surface area contributed by atoms with Crippen LogP contribution in [0.2, 0.25) is 0 Å². The van der Waals surface area contributed by atoms with Gasteiger partial charge in [0.15, 0.2) is 11.4 Å². The van der Waals surface area contributed by atoms with Crippen LogP contribution in [0.25, 0.3) is 10.3 Å². The highest BCUT2D eigenvalue weighted by Gasteiger charge is 2.22. The van der Waals surface area contributed by atoms with Gasteiger partial charge in [-0.05, 0) is 68.5 Å². The number of ketones is 1. The Morgan fingerprint density at radius 2 is 1.95 bits per heavy atom. The second kappa shape index (κ2) is 10.6. The number of likely N-dealkylation sites (tertiary alicyclic amines) is 1. The second-order valence-corrected chi connectivity index (χ2v) is 10.3. The van der Waals surface area contributed by atoms with E-state index in [9.17, 15) is 10.1 Å². The lowest BCUT2D eigenvalue weighted by molar-refractivity contribution is 0.101. The number of anilines is 1. The molecule has 5 rings (SSSR count). The molecule has 188 valence electrons. The van der Waals surface area contributed by atoms with Gasteiger partial charge in [0.25, 0.3) is 0 Å². The van der Waals surface area contributed by atoms with Gasteiger partial charge >= 0.3 is 0 Å². The summed E-state index contributed by atoms with van der Waals surface area (Å²) in [5.41, 5.74) is 6.62. The van der Waals surface area contributed by atoms with Crippen LogP contribution in [0.5, 0.6) is 11.6 Å². The van der Waals surface area contributed by atoms with Crippen molar-refractivity contribution in [2.75, 3.05) is 18.4 Å². The minimum absolute atomic E-state index is 0.0923. The fourth-order valence-corrected chi connectivity index (χ4v) is 5.36. The smallest absolute Gasteiger partial charge is 0.243 e. The lowest BCUT2D eigenvalue weighted by Crippen LogP contribution is -2.39. The minimum Gasteiger partial charge on any atom is -0.437 e. The number of hydrogen-bond acceptors (Lipinski definition) is 9. The summed E-state index contributed by atoms with van der Waals surface area (Å²) in [6, 6.07) is 13.9. The van der Waals surface area contributed by atoms with Crippen molar-refractivity contribution in [1.82, 2.24) is 19.9 Å². The van der Waals surface area contributed by atoms with Crippen LogP contribution in [0.3, 0.4) is 0 Å². The van der Waals surface area contributed by atoms with Gasteiger partial charge in [-0.2, -0.15) is 15.2 Å². The third-order valence-corrected chi connectivity index (χ3v) is 7.41. The SMILES string of the molecule is CC(=O)c1cccc(CN2CCC(Nc3nc(Oc4c(C)cc(C#N)cc4C)c4scnc4n3)CC2)c1. The molecule has 0 bridgehead atoms. The molecule has 0 radical (unpaired) electrons. The molecule has 3 heterocycles. The molecule has 2 aromatic carbocycles. The molecule has 4 aromatic rings. The highest BCUT2D eigenvalue weighted by molar-refractivity contribution is 7.17. The van der Waals surface area contributed by atoms with Gasteiger partial charge in [0.2, 0.25) is 11.8 Å². The molecule has 1 aliphatic rings. The fourth-order valence-electron chi connectivity index (χ4n) is 4.71. The topological polar surface area (TPSA) is 104 Å². The van der Waals surface area contributed by atoms with Gasteiger partial charge in [0.05, 0.1) is 17.1 Å². The van der Waals surface area contributed by atoms with E-state index in [1.807, 2.05) is 44.2 Å². The Morgan fingerprint density at radius 3 is 2.65 bits per heavy atom. The summed E-state index contributed by atoms with van der Waals surface area (Å²) in [4.78, 5) is 27.8. The Hall–Kier alpha value is -3.87. The fraction of sp³-hybridized carbons (Fsp3) is 0.321. The Kier molecular flexibility index (Phi) is 7.12. The van der Waals surface area contributed by atoms with Crippen molar-refractivity contribution >= 4 is 33.4 Å². The average Bonchev–Trinajstić information content (AvgIpc) is 3.36. The maximum absolute atomic E-state index is 11.7. The number of nitrogens with zero attached hydrogens (tertiary/aromatic N) is 5. The zero-order chi connectivity index (χ0) is 25.9. The number of fused-ring (bicyclic) bond motifs is 1. The zero-order valence-electron chi connectivity index (χ0n) is 21.1. The number of ether oxygens (including phenoxy) is 1. The molecule has 1 saturated heterocycles. The van der Waals surface area contributed by atoms with Gasteiger partial charge in [-0.1, -0.05) is 18.2 Å². The second-order valence-electron chi connectivity index (χ2n) is 9.46. The Bertz CT molecular complexity index is 1480. The molecule has 0 amide bonds. The number of piperidine rings is 1. The van der Waals surface area contributed by atoms with Crippen LogP contribution in [0.4, 0.5) is 5.95 Å². The Labute approximate surface area is 220 Å². The standard InChI is InChI=1S/C28H28N6O2S/c1-17-11-21(14-29)12-18(2)24(17)36-27-25-26(30-16-37-25)32-28(33-27)31-23-7-9-34(10-8-23)15-20-5-4-6-22(13-20)19(3)35/h4-6,11-13,16,23H,7-10,15H2,1-3H3,(H,31,32,33). The summed E-state index contributed by atoms with van der Waals surface area (Å²) in [5.74, 6) is 1.76. The van der Waals surface area contributed by atoms with Crippen LogP contribution in [-0.2, 0) is 6.54 Å². The van der Waals surface area contributed by atoms with Crippen molar-refractivity contribution in [3.05, 3.63) is 69.7 Å². The van der Waals surface area contributed by atoms with E-state index in [1.54, 1.807) is 12.4 Å². The number of nitriles is 1. The number of aromatic nitrogens is 3. The molecule has 2 aromatic heterocycles. The molecule has 1 N–H and O–H groups in total. The monoisotopic (exact) mass is 512 g/mol. The first kappa shape index (κ1) is 24.8. The largest absolute Gasteiger partial charge is 0.437 e. The first-order chi connectivity index (χ1) is 17.9. The van der Waals surface area contributed by atoms with Gasteiger partial charge in [0.1, 0.15) is 10.4 Å². The van der Waals surface area contributed by atoms with Gasteiger partial charge in [-0.3, -0.25) is 9.69 Å². The van der Waals surface area contributed by atoms with E-state index in [2.05, 4.69) is 32.3 Å². The number of aryl methyl sites for hydroxylation is 2. The molecule has 1 aliphatic heterocycles. The normalized spacial score (nSPS) is 14.4. The molecular weight excluding hydrogens is 484 g/mol. The van der Waals surface area contributed by atoms with Crippen molar-refractivity contribution in [2.45, 2.75) is 46.2 Å². The summed E-state index contributed by atoms with van der Waals surface area (Å²) in [6.45, 7) is 8.16. The number of carbonyl (C=O) groups excluding carboxylic acids is 1. The minimum atomic E-state index is 0.0923. The highest BCUT2D eigenvalue weighted by atomic mass is 32.1. The molecule has 8 nitrogen and oxygen atoms in total. The van der Waals surface area contributed by atoms with E-state index in [0.717, 1.165) is 59.4 Å². The molecular formula is C28H28N6O2S. The third-order valence-electron chi connectivity index (χ3n) is 6.61. The molecule has 9 heteroatoms. The molecule has 0 atom stereocenters. The number of rotatable bonds is 7. The van der Waals surface area contributed by atoms with Crippen molar-refractivity contribution < 1.29 is 9.53 Å². The summed E-state index contributed by atoms with van der Waals surface area (Å²) in [7, 11) is 0. The van der Waals surface area contributed by atoms with Crippen LogP contribution >= 0.6 is 11.3 Å². The van der Waals surface area contributed by atoms with Gasteiger partial charge in [0, 0.05) is 31.2 Å². The Balaban J connectivity index is 1.27. The molecule has 0 spiro atoms. The van der Waals surface area contributed by atoms with Crippen LogP contribution in [-0.4, -0.2) is 44.8 Å². The van der Waals surface area contributed by atoms with Crippen molar-refractivity contribution in [3.8, 4) is 17.7 Å². The number of carbonyl (C=O) groups is 1. The van der Waals surface area contributed by atoms with Crippen LogP contribution in [0.15, 0.2) is 41.9 Å². The van der Waals surface area contributed by atoms with E-state index in [0.29, 0.717) is 28.8 Å². The summed E-state index contributed by atoms with van der Waals surface area (Å²) >= 11 is 1.44. The van der Waals surface area contributed by atoms with E-state index in [1.165, 1.54) is 11.3 Å². The Morgan fingerprint density at radius 1 is 1.19 bits per heavy atom. The number of Topliss-reactive ketones (excluding diaryl/α,β-unsaturated/α-hetero) is 1. The summed E-state index contributed by atoms with van der Waals surface area (Å²) < 4.78 is 7.08. The maximum Gasteiger partial charge on any atom is 0.243 e. The first-order valence-corrected chi connectivity index (χ1v) is 13.2. The number of hydrogen-bond donors (Lipinski definition) is 1. The van der Waals surface area contributed by atoms with Gasteiger partial charge < -0.3 is 10.1 Å². The molecule has 0 aliphatic carbocycles. The number of thiazole rings is 1. The van der Waals surface area contributed by atoms with E-state index >= 15 is 0 Å². The molecule has 0 unspecified atom stereocenters. The van der Waals surface area contributed by atoms with E-state index in [-0.39, 0.29) is 11.8 Å². The van der Waals surface area contributed by atoms with E-state index < -0.39 is 0 Å². The first-order valence-electron chi connectivity index (χ1n) is 12.3. The average molecular weight is 513 g/mol. The van der Waals surface area contributed by atoms with Gasteiger partial charge in [-0.15, -0.1) is 11.3 Å². The van der Waals surface area contributed by atoms with Crippen molar-refractivity contribution in [2.24, 2.45) is 0 Å². The summed E-state index contributed by atoms with van der Waals surface area (Å²) in [5, 5.41) is 12.7. The predicted octanol–water partition coefficient (Wildman–Crippen LogP) is 5.65. The highest BCUT2D eigenvalue weighted by Crippen LogP contribution is 2.35. The lowest BCUT2D eigenvalue weighted by Gasteiger charge is -2.32. The number of benzene rings is 2. The maximum atomic E-state index is 11.7. The zero-order valence-corrected chi connectivity index (χ0v) is 21.9. The van der Waals surface area contributed by atoms with Crippen LogP contribution in [0.1, 0.15) is 52.4 Å². The van der Waals surface area contributed by atoms with Gasteiger partial charge in [-0.25, -0.2) is 4.98 Å².